The first-order chi connectivity index (χ1) is 9.70. The predicted octanol–water partition coefficient (Wildman–Crippen LogP) is 1.98. The predicted molar refractivity (Wildman–Crippen MR) is 73.9 cm³/mol. The molecule has 6 heteroatoms. The van der Waals surface area contributed by atoms with E-state index in [1.54, 1.807) is 13.1 Å². The van der Waals surface area contributed by atoms with E-state index in [0.717, 1.165) is 31.6 Å². The molecule has 1 fully saturated rings. The van der Waals surface area contributed by atoms with E-state index >= 15 is 0 Å². The minimum absolute atomic E-state index is 0.195. The third-order valence-corrected chi connectivity index (χ3v) is 4.03. The van der Waals surface area contributed by atoms with Crippen LogP contribution in [0, 0.1) is 0 Å². The van der Waals surface area contributed by atoms with Gasteiger partial charge < -0.3 is 14.8 Å². The quantitative estimate of drug-likeness (QED) is 0.857. The zero-order chi connectivity index (χ0) is 14.1. The van der Waals surface area contributed by atoms with Crippen molar-refractivity contribution in [2.75, 3.05) is 18.5 Å². The number of carbonyl (C=O) groups excluding carboxylic acids is 1. The molecule has 0 spiro atoms. The molecular weight excluding hydrogens is 258 g/mol. The van der Waals surface area contributed by atoms with Crippen LogP contribution in [-0.4, -0.2) is 41.1 Å². The van der Waals surface area contributed by atoms with Crippen molar-refractivity contribution < 1.29 is 14.3 Å². The van der Waals surface area contributed by atoms with Crippen molar-refractivity contribution >= 4 is 11.8 Å². The van der Waals surface area contributed by atoms with E-state index in [-0.39, 0.29) is 18.1 Å². The number of ether oxygens (including phenoxy) is 2. The summed E-state index contributed by atoms with van der Waals surface area (Å²) >= 11 is 0. The Morgan fingerprint density at radius 2 is 2.40 bits per heavy atom. The normalized spacial score (nSPS) is 28.8. The van der Waals surface area contributed by atoms with Gasteiger partial charge >= 0.3 is 5.97 Å². The van der Waals surface area contributed by atoms with E-state index in [9.17, 15) is 4.79 Å². The van der Waals surface area contributed by atoms with Gasteiger partial charge in [-0.05, 0) is 33.1 Å². The lowest BCUT2D eigenvalue weighted by Gasteiger charge is -2.30. The lowest BCUT2D eigenvalue weighted by Crippen LogP contribution is -2.32. The second kappa shape index (κ2) is 5.44. The maximum absolute atomic E-state index is 11.9. The standard InChI is InChI=1S/C14H21N3O3/c1-3-19-14(18)10-8-16-17-11(6-7-15-13(10)17)12-5-4-9(2)20-12/h8-9,11-12,15H,3-7H2,1-2H3. The number of carbonyl (C=O) groups is 1. The maximum Gasteiger partial charge on any atom is 0.343 e. The van der Waals surface area contributed by atoms with Crippen LogP contribution in [0.15, 0.2) is 6.20 Å². The molecule has 1 aromatic heterocycles. The summed E-state index contributed by atoms with van der Waals surface area (Å²) in [4.78, 5) is 11.9. The maximum atomic E-state index is 11.9. The molecule has 2 aliphatic heterocycles. The second-order valence-electron chi connectivity index (χ2n) is 5.42. The average Bonchev–Trinajstić information content (AvgIpc) is 3.04. The number of nitrogens with zero attached hydrogens (tertiary/aromatic N) is 2. The first kappa shape index (κ1) is 13.4. The third kappa shape index (κ3) is 2.28. The number of nitrogens with one attached hydrogen (secondary N) is 1. The van der Waals surface area contributed by atoms with E-state index < -0.39 is 0 Å². The molecule has 1 aromatic rings. The Morgan fingerprint density at radius 1 is 1.55 bits per heavy atom. The van der Waals surface area contributed by atoms with Crippen molar-refractivity contribution in [3.63, 3.8) is 0 Å². The van der Waals surface area contributed by atoms with Gasteiger partial charge in [-0.15, -0.1) is 0 Å². The summed E-state index contributed by atoms with van der Waals surface area (Å²) in [7, 11) is 0. The Labute approximate surface area is 118 Å². The van der Waals surface area contributed by atoms with Gasteiger partial charge in [0.2, 0.25) is 0 Å². The first-order valence-corrected chi connectivity index (χ1v) is 7.34. The van der Waals surface area contributed by atoms with Crippen LogP contribution >= 0.6 is 0 Å². The Kier molecular flexibility index (Phi) is 3.65. The molecule has 0 bridgehead atoms. The molecule has 6 nitrogen and oxygen atoms in total. The highest BCUT2D eigenvalue weighted by molar-refractivity contribution is 5.94. The van der Waals surface area contributed by atoms with Gasteiger partial charge in [0.25, 0.3) is 0 Å². The van der Waals surface area contributed by atoms with E-state index in [1.165, 1.54) is 0 Å². The van der Waals surface area contributed by atoms with Gasteiger partial charge in [-0.3, -0.25) is 0 Å². The van der Waals surface area contributed by atoms with E-state index in [2.05, 4.69) is 17.3 Å². The Bertz CT molecular complexity index is 500. The van der Waals surface area contributed by atoms with Crippen molar-refractivity contribution in [2.24, 2.45) is 0 Å². The molecule has 1 N–H and O–H groups in total. The number of fused-ring (bicyclic) bond motifs is 1. The molecule has 0 saturated carbocycles. The zero-order valence-corrected chi connectivity index (χ0v) is 12.0. The number of esters is 1. The molecule has 1 saturated heterocycles. The van der Waals surface area contributed by atoms with Crippen LogP contribution in [-0.2, 0) is 9.47 Å². The van der Waals surface area contributed by atoms with Crippen molar-refractivity contribution in [2.45, 2.75) is 51.4 Å². The summed E-state index contributed by atoms with van der Waals surface area (Å²) < 4.78 is 12.9. The highest BCUT2D eigenvalue weighted by Crippen LogP contribution is 2.35. The number of rotatable bonds is 3. The van der Waals surface area contributed by atoms with Crippen molar-refractivity contribution in [3.8, 4) is 0 Å². The number of aromatic nitrogens is 2. The van der Waals surface area contributed by atoms with E-state index in [0.29, 0.717) is 18.3 Å². The van der Waals surface area contributed by atoms with Crippen LogP contribution in [0.5, 0.6) is 0 Å². The molecule has 3 heterocycles. The molecule has 0 aromatic carbocycles. The molecule has 110 valence electrons. The summed E-state index contributed by atoms with van der Waals surface area (Å²) in [5.74, 6) is 0.450. The van der Waals surface area contributed by atoms with Gasteiger partial charge in [0.05, 0.1) is 31.1 Å². The van der Waals surface area contributed by atoms with Crippen LogP contribution in [0.1, 0.15) is 49.5 Å². The van der Waals surface area contributed by atoms with Gasteiger partial charge in [0.1, 0.15) is 11.4 Å². The highest BCUT2D eigenvalue weighted by Gasteiger charge is 2.35. The smallest absolute Gasteiger partial charge is 0.343 e. The summed E-state index contributed by atoms with van der Waals surface area (Å²) in [6.07, 6.45) is 5.22. The monoisotopic (exact) mass is 279 g/mol. The third-order valence-electron chi connectivity index (χ3n) is 4.03. The van der Waals surface area contributed by atoms with Crippen molar-refractivity contribution in [3.05, 3.63) is 11.8 Å². The zero-order valence-electron chi connectivity index (χ0n) is 12.0. The molecule has 20 heavy (non-hydrogen) atoms. The van der Waals surface area contributed by atoms with Crippen LogP contribution in [0.3, 0.4) is 0 Å². The van der Waals surface area contributed by atoms with Gasteiger partial charge in [0, 0.05) is 6.54 Å². The Balaban J connectivity index is 1.85. The molecule has 3 rings (SSSR count). The van der Waals surface area contributed by atoms with Gasteiger partial charge in [0.15, 0.2) is 0 Å². The highest BCUT2D eigenvalue weighted by atomic mass is 16.5. The van der Waals surface area contributed by atoms with E-state index in [1.807, 2.05) is 4.68 Å². The summed E-state index contributed by atoms with van der Waals surface area (Å²) in [6.45, 7) is 5.11. The fourth-order valence-corrected chi connectivity index (χ4v) is 3.07. The molecule has 0 amide bonds. The number of anilines is 1. The van der Waals surface area contributed by atoms with Crippen molar-refractivity contribution in [1.82, 2.24) is 9.78 Å². The van der Waals surface area contributed by atoms with Gasteiger partial charge in [-0.1, -0.05) is 0 Å². The molecule has 0 radical (unpaired) electrons. The fourth-order valence-electron chi connectivity index (χ4n) is 3.07. The van der Waals surface area contributed by atoms with E-state index in [4.69, 9.17) is 9.47 Å². The lowest BCUT2D eigenvalue weighted by atomic mass is 10.0. The number of hydrogen-bond acceptors (Lipinski definition) is 5. The minimum atomic E-state index is -0.317. The van der Waals surface area contributed by atoms with Gasteiger partial charge in [-0.2, -0.15) is 5.10 Å². The molecule has 2 aliphatic rings. The SMILES string of the molecule is CCOC(=O)c1cnn2c1NCCC2C1CCC(C)O1. The number of hydrogen-bond donors (Lipinski definition) is 1. The fraction of sp³-hybridized carbons (Fsp3) is 0.714. The summed E-state index contributed by atoms with van der Waals surface area (Å²) in [5.41, 5.74) is 0.516. The van der Waals surface area contributed by atoms with Crippen LogP contribution in [0.2, 0.25) is 0 Å². The first-order valence-electron chi connectivity index (χ1n) is 7.34. The molecule has 3 unspecified atom stereocenters. The van der Waals surface area contributed by atoms with Gasteiger partial charge in [-0.25, -0.2) is 9.48 Å². The lowest BCUT2D eigenvalue weighted by molar-refractivity contribution is 0.0172. The Hall–Kier alpha value is -1.56. The van der Waals surface area contributed by atoms with Crippen LogP contribution < -0.4 is 5.32 Å². The average molecular weight is 279 g/mol. The summed E-state index contributed by atoms with van der Waals surface area (Å²) in [6, 6.07) is 0.208. The minimum Gasteiger partial charge on any atom is -0.462 e. The van der Waals surface area contributed by atoms with Crippen molar-refractivity contribution in [1.29, 1.82) is 0 Å². The summed E-state index contributed by atoms with van der Waals surface area (Å²) in [5, 5.41) is 7.64. The topological polar surface area (TPSA) is 65.4 Å². The van der Waals surface area contributed by atoms with Crippen LogP contribution in [0.4, 0.5) is 5.82 Å². The Morgan fingerprint density at radius 3 is 3.10 bits per heavy atom. The largest absolute Gasteiger partial charge is 0.462 e. The molecule has 3 atom stereocenters. The molecular formula is C14H21N3O3. The van der Waals surface area contributed by atoms with Crippen LogP contribution in [0.25, 0.3) is 0 Å². The molecule has 0 aliphatic carbocycles. The second-order valence-corrected chi connectivity index (χ2v) is 5.42.